The molecule has 5 heteroatoms. The number of nitrogens with zero attached hydrogens (tertiary/aromatic N) is 3. The average molecular weight is 375 g/mol. The molecule has 0 bridgehead atoms. The number of nitro benzene ring substituents is 1. The van der Waals surface area contributed by atoms with Gasteiger partial charge >= 0.3 is 0 Å². The second-order valence-electron chi connectivity index (χ2n) is 7.34. The summed E-state index contributed by atoms with van der Waals surface area (Å²) < 4.78 is 2.24. The van der Waals surface area contributed by atoms with E-state index in [4.69, 9.17) is 0 Å². The van der Waals surface area contributed by atoms with E-state index in [1.807, 2.05) is 18.2 Å². The van der Waals surface area contributed by atoms with Crippen molar-refractivity contribution in [2.24, 2.45) is 0 Å². The summed E-state index contributed by atoms with van der Waals surface area (Å²) in [5, 5.41) is 11.7. The van der Waals surface area contributed by atoms with Crippen LogP contribution in [-0.4, -0.2) is 20.9 Å². The fourth-order valence-corrected chi connectivity index (χ4v) is 4.17. The average Bonchev–Trinajstić information content (AvgIpc) is 3.10. The second kappa shape index (κ2) is 7.98. The zero-order valence-corrected chi connectivity index (χ0v) is 16.1. The number of hydrogen-bond acceptors (Lipinski definition) is 3. The van der Waals surface area contributed by atoms with E-state index in [0.717, 1.165) is 43.7 Å². The van der Waals surface area contributed by atoms with E-state index in [-0.39, 0.29) is 16.7 Å². The first kappa shape index (κ1) is 18.4. The van der Waals surface area contributed by atoms with Gasteiger partial charge in [0.15, 0.2) is 0 Å². The summed E-state index contributed by atoms with van der Waals surface area (Å²) in [6.45, 7) is 4.76. The summed E-state index contributed by atoms with van der Waals surface area (Å²) in [5.74, 6) is 0. The van der Waals surface area contributed by atoms with Gasteiger partial charge in [0.25, 0.3) is 5.69 Å². The molecule has 1 aliphatic rings. The first-order valence-electron chi connectivity index (χ1n) is 9.87. The van der Waals surface area contributed by atoms with Crippen LogP contribution in [0.15, 0.2) is 66.9 Å². The van der Waals surface area contributed by atoms with E-state index in [1.165, 1.54) is 11.1 Å². The number of fused-ring (bicyclic) bond motifs is 1. The van der Waals surface area contributed by atoms with E-state index in [2.05, 4.69) is 52.9 Å². The van der Waals surface area contributed by atoms with E-state index < -0.39 is 0 Å². The zero-order chi connectivity index (χ0) is 19.5. The van der Waals surface area contributed by atoms with Crippen LogP contribution >= 0.6 is 0 Å². The van der Waals surface area contributed by atoms with Gasteiger partial charge in [-0.3, -0.25) is 15.0 Å². The molecule has 0 saturated carbocycles. The number of nitro groups is 1. The Morgan fingerprint density at radius 2 is 1.75 bits per heavy atom. The van der Waals surface area contributed by atoms with Crippen LogP contribution in [-0.2, 0) is 19.5 Å². The summed E-state index contributed by atoms with van der Waals surface area (Å²) in [6.07, 6.45) is 4.12. The molecule has 144 valence electrons. The van der Waals surface area contributed by atoms with Crippen LogP contribution < -0.4 is 0 Å². The largest absolute Gasteiger partial charge is 0.350 e. The minimum atomic E-state index is -0.262. The molecule has 3 aromatic rings. The maximum Gasteiger partial charge on any atom is 0.274 e. The van der Waals surface area contributed by atoms with E-state index in [1.54, 1.807) is 12.1 Å². The highest BCUT2D eigenvalue weighted by molar-refractivity contribution is 5.46. The van der Waals surface area contributed by atoms with Crippen molar-refractivity contribution in [2.75, 3.05) is 6.54 Å². The van der Waals surface area contributed by atoms with Gasteiger partial charge < -0.3 is 4.57 Å². The van der Waals surface area contributed by atoms with E-state index >= 15 is 0 Å². The molecule has 2 aromatic carbocycles. The third-order valence-electron chi connectivity index (χ3n) is 5.60. The highest BCUT2D eigenvalue weighted by Gasteiger charge is 2.32. The van der Waals surface area contributed by atoms with Gasteiger partial charge in [0, 0.05) is 37.6 Å². The minimum absolute atomic E-state index is 0.134. The lowest BCUT2D eigenvalue weighted by Gasteiger charge is -2.30. The number of para-hydroxylation sites is 1. The molecule has 1 atom stereocenters. The lowest BCUT2D eigenvalue weighted by molar-refractivity contribution is -0.385. The van der Waals surface area contributed by atoms with Crippen molar-refractivity contribution in [3.05, 3.63) is 99.4 Å². The molecule has 0 spiro atoms. The SMILES string of the molecule is CCc1ccc(CN2CCCn3cccc3C2c2ccccc2[N+](=O)[O-])cc1. The topological polar surface area (TPSA) is 51.3 Å². The van der Waals surface area contributed by atoms with Gasteiger partial charge in [-0.1, -0.05) is 49.4 Å². The number of aryl methyl sites for hydroxylation is 2. The highest BCUT2D eigenvalue weighted by atomic mass is 16.6. The lowest BCUT2D eigenvalue weighted by atomic mass is 9.99. The maximum atomic E-state index is 11.7. The number of rotatable bonds is 5. The summed E-state index contributed by atoms with van der Waals surface area (Å²) in [6, 6.07) is 19.9. The van der Waals surface area contributed by atoms with Crippen LogP contribution in [0.25, 0.3) is 0 Å². The van der Waals surface area contributed by atoms with Gasteiger partial charge in [0.1, 0.15) is 0 Å². The molecular weight excluding hydrogens is 350 g/mol. The molecular formula is C23H25N3O2. The Morgan fingerprint density at radius 3 is 2.50 bits per heavy atom. The minimum Gasteiger partial charge on any atom is -0.350 e. The van der Waals surface area contributed by atoms with Gasteiger partial charge in [0.2, 0.25) is 0 Å². The summed E-state index contributed by atoms with van der Waals surface area (Å²) in [5.41, 5.74) is 4.63. The Balaban J connectivity index is 1.76. The Bertz CT molecular complexity index is 962. The Hall–Kier alpha value is -2.92. The normalized spacial score (nSPS) is 17.1. The van der Waals surface area contributed by atoms with Gasteiger partial charge in [-0.05, 0) is 36.1 Å². The quantitative estimate of drug-likeness (QED) is 0.468. The fourth-order valence-electron chi connectivity index (χ4n) is 4.17. The van der Waals surface area contributed by atoms with Gasteiger partial charge in [0.05, 0.1) is 16.5 Å². The number of benzene rings is 2. The lowest BCUT2D eigenvalue weighted by Crippen LogP contribution is -2.30. The molecule has 4 rings (SSSR count). The molecule has 1 unspecified atom stereocenters. The van der Waals surface area contributed by atoms with Crippen LogP contribution in [0.1, 0.15) is 41.8 Å². The first-order valence-corrected chi connectivity index (χ1v) is 9.87. The van der Waals surface area contributed by atoms with Crippen LogP contribution in [0.3, 0.4) is 0 Å². The standard InChI is InChI=1S/C23H25N3O2/c1-2-18-10-12-19(13-11-18)17-25-16-6-15-24-14-5-9-22(24)23(25)20-7-3-4-8-21(20)26(27)28/h3-5,7-14,23H,2,6,15-17H2,1H3. The van der Waals surface area contributed by atoms with Crippen molar-refractivity contribution in [3.8, 4) is 0 Å². The van der Waals surface area contributed by atoms with Crippen molar-refractivity contribution in [3.63, 3.8) is 0 Å². The predicted molar refractivity (Wildman–Crippen MR) is 110 cm³/mol. The Morgan fingerprint density at radius 1 is 1.00 bits per heavy atom. The molecule has 2 heterocycles. The van der Waals surface area contributed by atoms with E-state index in [9.17, 15) is 10.1 Å². The first-order chi connectivity index (χ1) is 13.7. The molecule has 28 heavy (non-hydrogen) atoms. The van der Waals surface area contributed by atoms with Crippen LogP contribution in [0, 0.1) is 10.1 Å². The van der Waals surface area contributed by atoms with Crippen molar-refractivity contribution < 1.29 is 4.92 Å². The number of hydrogen-bond donors (Lipinski definition) is 0. The van der Waals surface area contributed by atoms with Crippen molar-refractivity contribution in [1.82, 2.24) is 9.47 Å². The number of aromatic nitrogens is 1. The fraction of sp³-hybridized carbons (Fsp3) is 0.304. The summed E-state index contributed by atoms with van der Waals surface area (Å²) in [4.78, 5) is 13.8. The molecule has 0 saturated heterocycles. The van der Waals surface area contributed by atoms with Crippen LogP contribution in [0.4, 0.5) is 5.69 Å². The van der Waals surface area contributed by atoms with Crippen molar-refractivity contribution in [2.45, 2.75) is 38.9 Å². The molecule has 0 aliphatic carbocycles. The molecule has 0 N–H and O–H groups in total. The van der Waals surface area contributed by atoms with Crippen LogP contribution in [0.5, 0.6) is 0 Å². The summed E-state index contributed by atoms with van der Waals surface area (Å²) >= 11 is 0. The van der Waals surface area contributed by atoms with Gasteiger partial charge in [-0.2, -0.15) is 0 Å². The predicted octanol–water partition coefficient (Wildman–Crippen LogP) is 4.95. The second-order valence-corrected chi connectivity index (χ2v) is 7.34. The van der Waals surface area contributed by atoms with Crippen LogP contribution in [0.2, 0.25) is 0 Å². The molecule has 5 nitrogen and oxygen atoms in total. The Kier molecular flexibility index (Phi) is 5.26. The maximum absolute atomic E-state index is 11.7. The van der Waals surface area contributed by atoms with Crippen molar-refractivity contribution >= 4 is 5.69 Å². The molecule has 0 amide bonds. The Labute approximate surface area is 165 Å². The third-order valence-corrected chi connectivity index (χ3v) is 5.60. The van der Waals surface area contributed by atoms with Gasteiger partial charge in [-0.15, -0.1) is 0 Å². The molecule has 0 radical (unpaired) electrons. The van der Waals surface area contributed by atoms with E-state index in [0.29, 0.717) is 0 Å². The molecule has 0 fully saturated rings. The smallest absolute Gasteiger partial charge is 0.274 e. The van der Waals surface area contributed by atoms with Gasteiger partial charge in [-0.25, -0.2) is 0 Å². The zero-order valence-electron chi connectivity index (χ0n) is 16.1. The highest BCUT2D eigenvalue weighted by Crippen LogP contribution is 2.37. The third kappa shape index (κ3) is 3.58. The monoisotopic (exact) mass is 375 g/mol. The molecule has 1 aliphatic heterocycles. The van der Waals surface area contributed by atoms with Crippen molar-refractivity contribution in [1.29, 1.82) is 0 Å². The summed E-state index contributed by atoms with van der Waals surface area (Å²) in [7, 11) is 0. The molecule has 1 aromatic heterocycles.